The third-order valence-electron chi connectivity index (χ3n) is 0.712. The summed E-state index contributed by atoms with van der Waals surface area (Å²) in [7, 11) is 1.37. The third kappa shape index (κ3) is 4.20. The average molecular weight is 162 g/mol. The van der Waals surface area contributed by atoms with Crippen molar-refractivity contribution >= 4 is 23.7 Å². The maximum Gasteiger partial charge on any atom is 0.289 e. The van der Waals surface area contributed by atoms with E-state index in [-0.39, 0.29) is 11.9 Å². The van der Waals surface area contributed by atoms with Crippen molar-refractivity contribution in [3.63, 3.8) is 0 Å². The standard InChI is InChI=1S/C5H10N2O2S/c1-9-5(6)7-4(8)3-10-2/h3H2,1-2H3,(H2,6,7,8). The molecule has 0 atom stereocenters. The van der Waals surface area contributed by atoms with Crippen molar-refractivity contribution in [2.45, 2.75) is 0 Å². The van der Waals surface area contributed by atoms with E-state index < -0.39 is 0 Å². The number of aliphatic imine (C=N–C) groups is 1. The molecule has 58 valence electrons. The molecule has 0 aliphatic carbocycles. The van der Waals surface area contributed by atoms with E-state index in [0.717, 1.165) is 0 Å². The number of nitrogens with zero attached hydrogens (tertiary/aromatic N) is 1. The lowest BCUT2D eigenvalue weighted by atomic mass is 10.7. The number of hydrogen-bond acceptors (Lipinski definition) is 3. The van der Waals surface area contributed by atoms with Crippen molar-refractivity contribution in [2.24, 2.45) is 10.7 Å². The van der Waals surface area contributed by atoms with E-state index >= 15 is 0 Å². The van der Waals surface area contributed by atoms with Crippen molar-refractivity contribution in [3.8, 4) is 0 Å². The van der Waals surface area contributed by atoms with Crippen molar-refractivity contribution in [1.82, 2.24) is 0 Å². The average Bonchev–Trinajstić information content (AvgIpc) is 1.88. The predicted molar refractivity (Wildman–Crippen MR) is 42.0 cm³/mol. The van der Waals surface area contributed by atoms with Gasteiger partial charge in [-0.05, 0) is 6.26 Å². The molecular weight excluding hydrogens is 152 g/mol. The molecule has 0 rings (SSSR count). The van der Waals surface area contributed by atoms with Gasteiger partial charge < -0.3 is 10.5 Å². The lowest BCUT2D eigenvalue weighted by Crippen LogP contribution is -2.16. The first-order valence-corrected chi connectivity index (χ1v) is 4.00. The SMILES string of the molecule is COC(N)=NC(=O)CSC. The summed E-state index contributed by atoms with van der Waals surface area (Å²) in [6.45, 7) is 0. The number of carbonyl (C=O) groups excluding carboxylic acids is 1. The minimum atomic E-state index is -0.271. The zero-order chi connectivity index (χ0) is 7.98. The van der Waals surface area contributed by atoms with Crippen LogP contribution in [0.2, 0.25) is 0 Å². The zero-order valence-corrected chi connectivity index (χ0v) is 6.77. The van der Waals surface area contributed by atoms with E-state index in [1.165, 1.54) is 18.9 Å². The van der Waals surface area contributed by atoms with E-state index in [1.807, 2.05) is 6.26 Å². The fourth-order valence-electron chi connectivity index (χ4n) is 0.324. The number of ether oxygens (including phenoxy) is 1. The van der Waals surface area contributed by atoms with Gasteiger partial charge in [-0.1, -0.05) is 0 Å². The van der Waals surface area contributed by atoms with Crippen molar-refractivity contribution in [3.05, 3.63) is 0 Å². The van der Waals surface area contributed by atoms with Crippen LogP contribution in [0.4, 0.5) is 0 Å². The van der Waals surface area contributed by atoms with Crippen LogP contribution in [-0.4, -0.2) is 31.0 Å². The molecule has 0 aromatic rings. The van der Waals surface area contributed by atoms with Crippen LogP contribution in [0.15, 0.2) is 4.99 Å². The van der Waals surface area contributed by atoms with Crippen LogP contribution in [0.3, 0.4) is 0 Å². The van der Waals surface area contributed by atoms with Crippen LogP contribution >= 0.6 is 11.8 Å². The molecule has 4 nitrogen and oxygen atoms in total. The molecule has 0 aromatic heterocycles. The second kappa shape index (κ2) is 5.10. The Morgan fingerprint density at radius 2 is 2.40 bits per heavy atom. The molecule has 0 fully saturated rings. The Bertz CT molecular complexity index is 147. The lowest BCUT2D eigenvalue weighted by molar-refractivity contribution is -0.115. The van der Waals surface area contributed by atoms with Gasteiger partial charge in [0.2, 0.25) is 0 Å². The van der Waals surface area contributed by atoms with Crippen LogP contribution in [0.5, 0.6) is 0 Å². The summed E-state index contributed by atoms with van der Waals surface area (Å²) in [5.74, 6) is 0.0659. The number of rotatable bonds is 2. The van der Waals surface area contributed by atoms with Crippen LogP contribution in [0.1, 0.15) is 0 Å². The molecule has 10 heavy (non-hydrogen) atoms. The highest BCUT2D eigenvalue weighted by Gasteiger charge is 1.97. The first kappa shape index (κ1) is 9.29. The molecule has 0 radical (unpaired) electrons. The molecular formula is C5H10N2O2S. The Morgan fingerprint density at radius 1 is 1.80 bits per heavy atom. The first-order chi connectivity index (χ1) is 4.70. The van der Waals surface area contributed by atoms with E-state index in [4.69, 9.17) is 5.73 Å². The number of hydrogen-bond donors (Lipinski definition) is 1. The number of methoxy groups -OCH3 is 1. The minimum Gasteiger partial charge on any atom is -0.468 e. The van der Waals surface area contributed by atoms with Gasteiger partial charge in [0.05, 0.1) is 12.9 Å². The van der Waals surface area contributed by atoms with Gasteiger partial charge in [0.25, 0.3) is 11.9 Å². The predicted octanol–water partition coefficient (Wildman–Crippen LogP) is -0.163. The fraction of sp³-hybridized carbons (Fsp3) is 0.600. The topological polar surface area (TPSA) is 64.7 Å². The Hall–Kier alpha value is -0.710. The highest BCUT2D eigenvalue weighted by Crippen LogP contribution is 1.91. The molecule has 0 aliphatic rings. The fourth-order valence-corrected chi connectivity index (χ4v) is 0.636. The molecule has 0 saturated heterocycles. The third-order valence-corrected chi connectivity index (χ3v) is 1.25. The summed E-state index contributed by atoms with van der Waals surface area (Å²) in [6.07, 6.45) is 1.82. The second-order valence-electron chi connectivity index (χ2n) is 1.48. The number of amidine groups is 1. The molecule has 0 unspecified atom stereocenters. The van der Waals surface area contributed by atoms with Crippen LogP contribution < -0.4 is 5.73 Å². The summed E-state index contributed by atoms with van der Waals surface area (Å²) in [4.78, 5) is 14.0. The molecule has 0 aliphatic heterocycles. The Morgan fingerprint density at radius 3 is 2.80 bits per heavy atom. The molecule has 2 N–H and O–H groups in total. The normalized spacial score (nSPS) is 11.2. The van der Waals surface area contributed by atoms with E-state index in [9.17, 15) is 4.79 Å². The maximum absolute atomic E-state index is 10.6. The number of nitrogens with two attached hydrogens (primary N) is 1. The molecule has 1 amide bonds. The van der Waals surface area contributed by atoms with Crippen LogP contribution in [0, 0.1) is 0 Å². The number of thioether (sulfide) groups is 1. The largest absolute Gasteiger partial charge is 0.468 e. The Balaban J connectivity index is 3.75. The molecule has 0 bridgehead atoms. The van der Waals surface area contributed by atoms with Gasteiger partial charge in [0, 0.05) is 0 Å². The summed E-state index contributed by atoms with van der Waals surface area (Å²) in [5, 5.41) is 0. The van der Waals surface area contributed by atoms with Crippen LogP contribution in [0.25, 0.3) is 0 Å². The monoisotopic (exact) mass is 162 g/mol. The van der Waals surface area contributed by atoms with Crippen LogP contribution in [-0.2, 0) is 9.53 Å². The summed E-state index contributed by atoms with van der Waals surface area (Å²) in [6, 6.07) is -0.0842. The smallest absolute Gasteiger partial charge is 0.289 e. The van der Waals surface area contributed by atoms with E-state index in [0.29, 0.717) is 5.75 Å². The quantitative estimate of drug-likeness (QED) is 0.452. The highest BCUT2D eigenvalue weighted by molar-refractivity contribution is 7.99. The summed E-state index contributed by atoms with van der Waals surface area (Å²) >= 11 is 1.39. The van der Waals surface area contributed by atoms with Gasteiger partial charge in [0.15, 0.2) is 0 Å². The Kier molecular flexibility index (Phi) is 4.74. The zero-order valence-electron chi connectivity index (χ0n) is 5.96. The first-order valence-electron chi connectivity index (χ1n) is 2.60. The second-order valence-corrected chi connectivity index (χ2v) is 2.35. The minimum absolute atomic E-state index is 0.0842. The maximum atomic E-state index is 10.6. The number of amides is 1. The molecule has 0 aromatic carbocycles. The van der Waals surface area contributed by atoms with Crippen molar-refractivity contribution < 1.29 is 9.53 Å². The summed E-state index contributed by atoms with van der Waals surface area (Å²) < 4.78 is 4.46. The Labute approximate surface area is 63.8 Å². The van der Waals surface area contributed by atoms with E-state index in [2.05, 4.69) is 9.73 Å². The van der Waals surface area contributed by atoms with Crippen molar-refractivity contribution in [1.29, 1.82) is 0 Å². The van der Waals surface area contributed by atoms with Gasteiger partial charge in [-0.25, -0.2) is 0 Å². The van der Waals surface area contributed by atoms with E-state index in [1.54, 1.807) is 0 Å². The lowest BCUT2D eigenvalue weighted by Gasteiger charge is -1.94. The number of carbonyl (C=O) groups is 1. The molecule has 0 saturated carbocycles. The van der Waals surface area contributed by atoms with Crippen molar-refractivity contribution in [2.75, 3.05) is 19.1 Å². The molecule has 5 heteroatoms. The molecule has 0 heterocycles. The summed E-state index contributed by atoms with van der Waals surface area (Å²) in [5.41, 5.74) is 5.10. The highest BCUT2D eigenvalue weighted by atomic mass is 32.2. The van der Waals surface area contributed by atoms with Gasteiger partial charge >= 0.3 is 0 Å². The van der Waals surface area contributed by atoms with Gasteiger partial charge in [-0.2, -0.15) is 16.8 Å². The van der Waals surface area contributed by atoms with Gasteiger partial charge in [0.1, 0.15) is 0 Å². The van der Waals surface area contributed by atoms with Gasteiger partial charge in [-0.3, -0.25) is 4.79 Å². The molecule has 0 spiro atoms. The van der Waals surface area contributed by atoms with Gasteiger partial charge in [-0.15, -0.1) is 0 Å².